The molecule has 0 aromatic carbocycles. The molecule has 108 valence electrons. The molecular weight excluding hydrogens is 288 g/mol. The van der Waals surface area contributed by atoms with Crippen LogP contribution in [0.3, 0.4) is 0 Å². The van der Waals surface area contributed by atoms with Crippen LogP contribution in [0.1, 0.15) is 6.23 Å². The summed E-state index contributed by atoms with van der Waals surface area (Å²) in [5, 5.41) is 28.8. The number of fused-ring (bicyclic) bond motifs is 1. The van der Waals surface area contributed by atoms with Crippen LogP contribution in [0.15, 0.2) is 10.3 Å². The van der Waals surface area contributed by atoms with Gasteiger partial charge in [0.05, 0.1) is 12.1 Å². The van der Waals surface area contributed by atoms with Crippen LogP contribution in [-0.4, -0.2) is 54.8 Å². The minimum Gasteiger partial charge on any atom is -0.394 e. The largest absolute Gasteiger partial charge is 0.394 e. The number of nitrogen functional groups attached to an aromatic ring is 1. The lowest BCUT2D eigenvalue weighted by molar-refractivity contribution is -0.0525. The molecule has 20 heavy (non-hydrogen) atoms. The Kier molecular flexibility index (Phi) is 3.18. The van der Waals surface area contributed by atoms with Crippen LogP contribution < -0.4 is 11.4 Å². The monoisotopic (exact) mass is 300 g/mol. The number of aromatic nitrogens is 3. The van der Waals surface area contributed by atoms with E-state index < -0.39 is 36.8 Å². The van der Waals surface area contributed by atoms with Crippen LogP contribution in [0.5, 0.6) is 0 Å². The predicted octanol–water partition coefficient (Wildman–Crippen LogP) is -1.95. The van der Waals surface area contributed by atoms with Gasteiger partial charge in [-0.25, -0.2) is 9.78 Å². The first kappa shape index (κ1) is 13.4. The Balaban J connectivity index is 2.16. The normalized spacial score (nSPS) is 30.1. The second kappa shape index (κ2) is 4.75. The van der Waals surface area contributed by atoms with Crippen LogP contribution in [0.4, 0.5) is 5.82 Å². The van der Waals surface area contributed by atoms with Crippen LogP contribution in [-0.2, 0) is 4.74 Å². The van der Waals surface area contributed by atoms with Gasteiger partial charge in [-0.1, -0.05) is 0 Å². The summed E-state index contributed by atoms with van der Waals surface area (Å²) >= 11 is 1.14. The zero-order valence-electron chi connectivity index (χ0n) is 10.1. The number of anilines is 1. The summed E-state index contributed by atoms with van der Waals surface area (Å²) in [7, 11) is 0. The highest BCUT2D eigenvalue weighted by atomic mass is 32.1. The lowest BCUT2D eigenvalue weighted by Gasteiger charge is -2.17. The maximum Gasteiger partial charge on any atom is 0.352 e. The highest BCUT2D eigenvalue weighted by Crippen LogP contribution is 2.32. The molecule has 0 unspecified atom stereocenters. The first-order valence-corrected chi connectivity index (χ1v) is 6.66. The molecule has 9 nitrogen and oxygen atoms in total. The average Bonchev–Trinajstić information content (AvgIpc) is 2.99. The average molecular weight is 300 g/mol. The van der Waals surface area contributed by atoms with Gasteiger partial charge >= 0.3 is 5.69 Å². The third kappa shape index (κ3) is 1.81. The van der Waals surface area contributed by atoms with Crippen molar-refractivity contribution >= 4 is 27.5 Å². The fourth-order valence-electron chi connectivity index (χ4n) is 2.20. The molecule has 0 aliphatic carbocycles. The molecule has 0 spiro atoms. The molecule has 1 aliphatic heterocycles. The van der Waals surface area contributed by atoms with Gasteiger partial charge in [0.15, 0.2) is 12.0 Å². The van der Waals surface area contributed by atoms with E-state index in [-0.39, 0.29) is 5.82 Å². The molecule has 0 saturated carbocycles. The van der Waals surface area contributed by atoms with Gasteiger partial charge in [0, 0.05) is 0 Å². The third-order valence-corrected chi connectivity index (χ3v) is 4.03. The Hall–Kier alpha value is -1.59. The summed E-state index contributed by atoms with van der Waals surface area (Å²) in [6.45, 7) is -0.474. The minimum absolute atomic E-state index is 0.00533. The highest BCUT2D eigenvalue weighted by Gasteiger charge is 2.44. The minimum atomic E-state index is -1.36. The van der Waals surface area contributed by atoms with Gasteiger partial charge in [0.25, 0.3) is 0 Å². The van der Waals surface area contributed by atoms with Crippen LogP contribution in [0.25, 0.3) is 10.3 Å². The van der Waals surface area contributed by atoms with Crippen molar-refractivity contribution in [2.24, 2.45) is 0 Å². The van der Waals surface area contributed by atoms with Crippen molar-refractivity contribution in [1.82, 2.24) is 14.5 Å². The Bertz CT molecular complexity index is 701. The number of aliphatic hydroxyl groups is 3. The second-order valence-corrected chi connectivity index (χ2v) is 5.22. The van der Waals surface area contributed by atoms with E-state index >= 15 is 0 Å². The molecule has 4 atom stereocenters. The SMILES string of the molecule is Nc1nc(=O)n([C@H]2O[C@@H](CO)[C@@H](O)[C@H]2O)c2scnc12. The maximum absolute atomic E-state index is 12.0. The molecule has 0 bridgehead atoms. The van der Waals surface area contributed by atoms with Crippen LogP contribution in [0.2, 0.25) is 0 Å². The molecule has 1 aliphatic rings. The van der Waals surface area contributed by atoms with Gasteiger partial charge in [-0.3, -0.25) is 4.57 Å². The third-order valence-electron chi connectivity index (χ3n) is 3.20. The van der Waals surface area contributed by atoms with Gasteiger partial charge in [-0.05, 0) is 0 Å². The van der Waals surface area contributed by atoms with Gasteiger partial charge in [-0.15, -0.1) is 11.3 Å². The summed E-state index contributed by atoms with van der Waals surface area (Å²) < 4.78 is 6.42. The second-order valence-electron chi connectivity index (χ2n) is 4.38. The summed E-state index contributed by atoms with van der Waals surface area (Å²) in [6, 6.07) is 0. The van der Waals surface area contributed by atoms with Crippen molar-refractivity contribution in [3.8, 4) is 0 Å². The number of nitrogens with two attached hydrogens (primary N) is 1. The van der Waals surface area contributed by atoms with E-state index in [9.17, 15) is 15.0 Å². The molecule has 3 heterocycles. The summed E-state index contributed by atoms with van der Waals surface area (Å²) in [4.78, 5) is 20.0. The fraction of sp³-hybridized carbons (Fsp3) is 0.500. The Morgan fingerprint density at radius 2 is 2.20 bits per heavy atom. The van der Waals surface area contributed by atoms with E-state index in [0.717, 1.165) is 15.9 Å². The lowest BCUT2D eigenvalue weighted by atomic mass is 10.1. The zero-order valence-corrected chi connectivity index (χ0v) is 10.9. The van der Waals surface area contributed by atoms with Crippen LogP contribution in [0, 0.1) is 0 Å². The highest BCUT2D eigenvalue weighted by molar-refractivity contribution is 7.16. The standard InChI is InChI=1S/C10H12N4O5S/c11-7-4-9(20-2-12-4)14(10(18)13-7)8-6(17)5(16)3(1-15)19-8/h2-3,5-6,8,15-17H,1H2,(H2,11,13,18)/t3-,5+,6+,8-/m0/s1. The van der Waals surface area contributed by atoms with Gasteiger partial charge in [0.1, 0.15) is 28.7 Å². The first-order chi connectivity index (χ1) is 9.54. The van der Waals surface area contributed by atoms with E-state index in [4.69, 9.17) is 15.6 Å². The molecule has 1 saturated heterocycles. The van der Waals surface area contributed by atoms with Crippen molar-refractivity contribution in [1.29, 1.82) is 0 Å². The van der Waals surface area contributed by atoms with Crippen molar-refractivity contribution in [3.05, 3.63) is 16.0 Å². The number of aliphatic hydroxyl groups excluding tert-OH is 3. The van der Waals surface area contributed by atoms with E-state index in [2.05, 4.69) is 9.97 Å². The van der Waals surface area contributed by atoms with Gasteiger partial charge in [0.2, 0.25) is 0 Å². The first-order valence-electron chi connectivity index (χ1n) is 5.78. The van der Waals surface area contributed by atoms with Crippen molar-refractivity contribution in [3.63, 3.8) is 0 Å². The van der Waals surface area contributed by atoms with Crippen molar-refractivity contribution < 1.29 is 20.1 Å². The molecule has 5 N–H and O–H groups in total. The quantitative estimate of drug-likeness (QED) is 0.501. The zero-order chi connectivity index (χ0) is 14.4. The number of nitrogens with zero attached hydrogens (tertiary/aromatic N) is 3. The topological polar surface area (TPSA) is 144 Å². The van der Waals surface area contributed by atoms with E-state index in [1.165, 1.54) is 5.51 Å². The van der Waals surface area contributed by atoms with E-state index in [0.29, 0.717) is 10.3 Å². The smallest absolute Gasteiger partial charge is 0.352 e. The summed E-state index contributed by atoms with van der Waals surface area (Å²) in [6.07, 6.45) is -4.77. The van der Waals surface area contributed by atoms with Crippen molar-refractivity contribution in [2.75, 3.05) is 12.3 Å². The molecule has 2 aromatic rings. The van der Waals surface area contributed by atoms with Gasteiger partial charge < -0.3 is 25.8 Å². The Morgan fingerprint density at radius 1 is 1.45 bits per heavy atom. The lowest BCUT2D eigenvalue weighted by Crippen LogP contribution is -2.36. The maximum atomic E-state index is 12.0. The van der Waals surface area contributed by atoms with E-state index in [1.54, 1.807) is 0 Å². The van der Waals surface area contributed by atoms with Crippen LogP contribution >= 0.6 is 11.3 Å². The van der Waals surface area contributed by atoms with Gasteiger partial charge in [-0.2, -0.15) is 4.98 Å². The molecule has 0 amide bonds. The Morgan fingerprint density at radius 3 is 2.85 bits per heavy atom. The number of ether oxygens (including phenoxy) is 1. The number of thiazole rings is 1. The van der Waals surface area contributed by atoms with E-state index in [1.807, 2.05) is 0 Å². The molecule has 10 heteroatoms. The predicted molar refractivity (Wildman–Crippen MR) is 69.1 cm³/mol. The molecule has 3 rings (SSSR count). The molecule has 1 fully saturated rings. The number of hydrogen-bond donors (Lipinski definition) is 4. The summed E-state index contributed by atoms with van der Waals surface area (Å²) in [5.74, 6) is -0.00533. The molecular formula is C10H12N4O5S. The molecule has 2 aromatic heterocycles. The molecule has 0 radical (unpaired) electrons. The summed E-state index contributed by atoms with van der Waals surface area (Å²) in [5.41, 5.74) is 6.71. The van der Waals surface area contributed by atoms with Crippen molar-refractivity contribution in [2.45, 2.75) is 24.5 Å². The Labute approximate surface area is 115 Å². The number of rotatable bonds is 2. The number of hydrogen-bond acceptors (Lipinski definition) is 9. The fourth-order valence-corrected chi connectivity index (χ4v) is 3.02.